The molecule has 0 saturated heterocycles. The fraction of sp³-hybridized carbons (Fsp3) is 0.818. The number of allylic oxidation sites excluding steroid dienone is 1. The molecular formula is C11H16. The second kappa shape index (κ2) is 1.91. The zero-order valence-electron chi connectivity index (χ0n) is 7.05. The van der Waals surface area contributed by atoms with Crippen LogP contribution < -0.4 is 0 Å². The summed E-state index contributed by atoms with van der Waals surface area (Å²) in [6.07, 6.45) is 7.42. The Labute approximate surface area is 68.7 Å². The molecule has 2 bridgehead atoms. The van der Waals surface area contributed by atoms with E-state index < -0.39 is 0 Å². The second-order valence-corrected chi connectivity index (χ2v) is 4.82. The molecule has 0 heterocycles. The van der Waals surface area contributed by atoms with Gasteiger partial charge in [-0.3, -0.25) is 0 Å². The van der Waals surface area contributed by atoms with E-state index in [-0.39, 0.29) is 0 Å². The molecular weight excluding hydrogens is 132 g/mol. The molecule has 3 aliphatic carbocycles. The lowest BCUT2D eigenvalue weighted by molar-refractivity contribution is 0.259. The third kappa shape index (κ3) is 0.706. The SMILES string of the molecule is C=C1C[C@@H]2[C@H]3CC[C@H](C3)[C@@H]2C1. The lowest BCUT2D eigenvalue weighted by Gasteiger charge is -2.23. The highest BCUT2D eigenvalue weighted by Crippen LogP contribution is 2.59. The minimum absolute atomic E-state index is 1.08. The molecule has 60 valence electrons. The van der Waals surface area contributed by atoms with Gasteiger partial charge in [-0.25, -0.2) is 0 Å². The van der Waals surface area contributed by atoms with Gasteiger partial charge in [0.05, 0.1) is 0 Å². The predicted molar refractivity (Wildman–Crippen MR) is 46.2 cm³/mol. The summed E-state index contributed by atoms with van der Waals surface area (Å²) in [5.74, 6) is 4.40. The van der Waals surface area contributed by atoms with Gasteiger partial charge >= 0.3 is 0 Å². The van der Waals surface area contributed by atoms with E-state index in [2.05, 4.69) is 6.58 Å². The summed E-state index contributed by atoms with van der Waals surface area (Å²) in [6, 6.07) is 0. The van der Waals surface area contributed by atoms with Crippen molar-refractivity contribution in [2.24, 2.45) is 23.7 Å². The first-order chi connectivity index (χ1) is 5.34. The van der Waals surface area contributed by atoms with Crippen molar-refractivity contribution in [3.63, 3.8) is 0 Å². The molecule has 0 unspecified atom stereocenters. The van der Waals surface area contributed by atoms with Crippen LogP contribution in [0.1, 0.15) is 32.1 Å². The van der Waals surface area contributed by atoms with Crippen LogP contribution in [0.5, 0.6) is 0 Å². The average molecular weight is 148 g/mol. The molecule has 0 aliphatic heterocycles. The number of rotatable bonds is 0. The summed E-state index contributed by atoms with van der Waals surface area (Å²) in [5, 5.41) is 0. The van der Waals surface area contributed by atoms with E-state index in [0.717, 1.165) is 23.7 Å². The maximum atomic E-state index is 4.13. The predicted octanol–water partition coefficient (Wildman–Crippen LogP) is 3.00. The molecule has 3 rings (SSSR count). The summed E-state index contributed by atoms with van der Waals surface area (Å²) in [4.78, 5) is 0. The van der Waals surface area contributed by atoms with E-state index in [0.29, 0.717) is 0 Å². The zero-order chi connectivity index (χ0) is 7.42. The van der Waals surface area contributed by atoms with Crippen LogP contribution in [0.25, 0.3) is 0 Å². The second-order valence-electron chi connectivity index (χ2n) is 4.82. The third-order valence-electron chi connectivity index (χ3n) is 4.32. The van der Waals surface area contributed by atoms with Crippen molar-refractivity contribution in [3.05, 3.63) is 12.2 Å². The fourth-order valence-electron chi connectivity index (χ4n) is 3.92. The van der Waals surface area contributed by atoms with E-state index in [1.54, 1.807) is 24.8 Å². The maximum Gasteiger partial charge on any atom is -0.0289 e. The zero-order valence-corrected chi connectivity index (χ0v) is 7.05. The van der Waals surface area contributed by atoms with Gasteiger partial charge in [-0.05, 0) is 55.8 Å². The van der Waals surface area contributed by atoms with Crippen LogP contribution in [-0.4, -0.2) is 0 Å². The van der Waals surface area contributed by atoms with Crippen molar-refractivity contribution < 1.29 is 0 Å². The molecule has 3 saturated carbocycles. The molecule has 0 aromatic carbocycles. The van der Waals surface area contributed by atoms with Crippen molar-refractivity contribution >= 4 is 0 Å². The molecule has 4 atom stereocenters. The summed E-state index contributed by atoms with van der Waals surface area (Å²) in [5.41, 5.74) is 1.55. The van der Waals surface area contributed by atoms with Crippen molar-refractivity contribution in [3.8, 4) is 0 Å². The Morgan fingerprint density at radius 1 is 1.00 bits per heavy atom. The quantitative estimate of drug-likeness (QED) is 0.463. The van der Waals surface area contributed by atoms with E-state index in [1.165, 1.54) is 12.8 Å². The van der Waals surface area contributed by atoms with Gasteiger partial charge in [0.25, 0.3) is 0 Å². The maximum absolute atomic E-state index is 4.13. The lowest BCUT2D eigenvalue weighted by atomic mass is 9.82. The van der Waals surface area contributed by atoms with Gasteiger partial charge in [0.2, 0.25) is 0 Å². The van der Waals surface area contributed by atoms with Crippen LogP contribution in [-0.2, 0) is 0 Å². The van der Waals surface area contributed by atoms with Gasteiger partial charge in [-0.2, -0.15) is 0 Å². The fourth-order valence-corrected chi connectivity index (χ4v) is 3.92. The van der Waals surface area contributed by atoms with E-state index >= 15 is 0 Å². The topological polar surface area (TPSA) is 0 Å². The monoisotopic (exact) mass is 148 g/mol. The molecule has 0 amide bonds. The summed E-state index contributed by atoms with van der Waals surface area (Å²) in [7, 11) is 0. The Kier molecular flexibility index (Phi) is 1.09. The lowest BCUT2D eigenvalue weighted by Crippen LogP contribution is -2.15. The summed E-state index contributed by atoms with van der Waals surface area (Å²) >= 11 is 0. The standard InChI is InChI=1S/C11H16/c1-7-4-10-8-2-3-9(6-8)11(10)5-7/h8-11H,1-6H2/t8-,9+,10+,11-. The summed E-state index contributed by atoms with van der Waals surface area (Å²) < 4.78 is 0. The highest BCUT2D eigenvalue weighted by atomic mass is 14.5. The minimum atomic E-state index is 1.08. The number of hydrogen-bond acceptors (Lipinski definition) is 0. The van der Waals surface area contributed by atoms with Gasteiger partial charge < -0.3 is 0 Å². The highest BCUT2D eigenvalue weighted by Gasteiger charge is 2.49. The first-order valence-electron chi connectivity index (χ1n) is 5.01. The Balaban J connectivity index is 1.92. The molecule has 3 aliphatic rings. The van der Waals surface area contributed by atoms with Crippen molar-refractivity contribution in [2.45, 2.75) is 32.1 Å². The summed E-state index contributed by atoms with van der Waals surface area (Å²) in [6.45, 7) is 4.13. The van der Waals surface area contributed by atoms with Crippen molar-refractivity contribution in [1.29, 1.82) is 0 Å². The third-order valence-corrected chi connectivity index (χ3v) is 4.32. The number of fused-ring (bicyclic) bond motifs is 5. The van der Waals surface area contributed by atoms with Crippen LogP contribution in [0.3, 0.4) is 0 Å². The smallest absolute Gasteiger partial charge is 0.0289 e. The van der Waals surface area contributed by atoms with E-state index in [1.807, 2.05) is 0 Å². The van der Waals surface area contributed by atoms with Gasteiger partial charge in [-0.15, -0.1) is 0 Å². The molecule has 0 aromatic rings. The van der Waals surface area contributed by atoms with Crippen molar-refractivity contribution in [1.82, 2.24) is 0 Å². The average Bonchev–Trinajstić information content (AvgIpc) is 2.53. The molecule has 11 heavy (non-hydrogen) atoms. The van der Waals surface area contributed by atoms with E-state index in [4.69, 9.17) is 0 Å². The first kappa shape index (κ1) is 6.28. The van der Waals surface area contributed by atoms with Gasteiger partial charge in [0.15, 0.2) is 0 Å². The largest absolute Gasteiger partial charge is 0.0998 e. The first-order valence-corrected chi connectivity index (χ1v) is 5.01. The molecule has 0 aromatic heterocycles. The van der Waals surface area contributed by atoms with Crippen LogP contribution in [0.2, 0.25) is 0 Å². The molecule has 3 fully saturated rings. The van der Waals surface area contributed by atoms with Gasteiger partial charge in [0.1, 0.15) is 0 Å². The molecule has 0 nitrogen and oxygen atoms in total. The normalized spacial score (nSPS) is 53.6. The molecule has 0 heteroatoms. The molecule has 0 N–H and O–H groups in total. The molecule has 0 radical (unpaired) electrons. The van der Waals surface area contributed by atoms with Crippen molar-refractivity contribution in [2.75, 3.05) is 0 Å². The Morgan fingerprint density at radius 3 is 2.09 bits per heavy atom. The van der Waals surface area contributed by atoms with Gasteiger partial charge in [0, 0.05) is 0 Å². The van der Waals surface area contributed by atoms with Gasteiger partial charge in [-0.1, -0.05) is 12.2 Å². The Bertz CT molecular complexity index is 184. The van der Waals surface area contributed by atoms with E-state index in [9.17, 15) is 0 Å². The van der Waals surface area contributed by atoms with Crippen LogP contribution in [0.15, 0.2) is 12.2 Å². The van der Waals surface area contributed by atoms with Crippen LogP contribution >= 0.6 is 0 Å². The number of hydrogen-bond donors (Lipinski definition) is 0. The highest BCUT2D eigenvalue weighted by molar-refractivity contribution is 5.13. The Morgan fingerprint density at radius 2 is 1.55 bits per heavy atom. The molecule has 0 spiro atoms. The van der Waals surface area contributed by atoms with Crippen LogP contribution in [0.4, 0.5) is 0 Å². The minimum Gasteiger partial charge on any atom is -0.0998 e. The van der Waals surface area contributed by atoms with Crippen LogP contribution in [0, 0.1) is 23.7 Å². The Hall–Kier alpha value is -0.260.